The SMILES string of the molecule is CC/C=C\C/C=C\C/C=C\C/C=C\C/C=C\CCCCOCC(COP(=O)(O)OCC[N+](C)(C)C)OC(=O)CCCCCCCCCCCCCCC/C=C\CCCCCCCCCC. The maximum atomic E-state index is 12.8. The lowest BCUT2D eigenvalue weighted by Gasteiger charge is -2.24. The predicted octanol–water partition coefficient (Wildman–Crippen LogP) is 16.6. The van der Waals surface area contributed by atoms with Crippen molar-refractivity contribution < 1.29 is 37.3 Å². The molecule has 378 valence electrons. The van der Waals surface area contributed by atoms with Crippen LogP contribution < -0.4 is 0 Å². The average molecular weight is 933 g/mol. The van der Waals surface area contributed by atoms with Crippen molar-refractivity contribution in [3.8, 4) is 0 Å². The third-order valence-corrected chi connectivity index (χ3v) is 12.2. The highest BCUT2D eigenvalue weighted by atomic mass is 31.2. The summed E-state index contributed by atoms with van der Waals surface area (Å²) in [6.45, 7) is 5.41. The topological polar surface area (TPSA) is 91.3 Å². The number of hydrogen-bond donors (Lipinski definition) is 1. The van der Waals surface area contributed by atoms with Crippen molar-refractivity contribution in [2.75, 3.05) is 54.1 Å². The summed E-state index contributed by atoms with van der Waals surface area (Å²) in [6.07, 6.45) is 64.0. The van der Waals surface area contributed by atoms with Crippen LogP contribution in [0.5, 0.6) is 0 Å². The van der Waals surface area contributed by atoms with E-state index in [-0.39, 0.29) is 25.8 Å². The zero-order valence-electron chi connectivity index (χ0n) is 43.0. The molecule has 0 aliphatic heterocycles. The Bertz CT molecular complexity index is 1270. The van der Waals surface area contributed by atoms with Crippen LogP contribution >= 0.6 is 7.82 Å². The molecule has 9 heteroatoms. The molecule has 0 rings (SSSR count). The zero-order valence-corrected chi connectivity index (χ0v) is 43.9. The van der Waals surface area contributed by atoms with Crippen LogP contribution in [0.4, 0.5) is 0 Å². The van der Waals surface area contributed by atoms with Gasteiger partial charge >= 0.3 is 13.8 Å². The molecule has 0 aliphatic carbocycles. The molecule has 0 fully saturated rings. The first-order valence-electron chi connectivity index (χ1n) is 26.7. The number of nitrogens with zero attached hydrogens (tertiary/aromatic N) is 1. The fraction of sp³-hybridized carbons (Fsp3) is 0.768. The van der Waals surface area contributed by atoms with Crippen molar-refractivity contribution in [3.05, 3.63) is 72.9 Å². The molecule has 0 spiro atoms. The summed E-state index contributed by atoms with van der Waals surface area (Å²) in [5.41, 5.74) is 0. The van der Waals surface area contributed by atoms with Crippen LogP contribution in [-0.2, 0) is 27.9 Å². The molecule has 0 bridgehead atoms. The minimum atomic E-state index is -4.30. The number of carbonyl (C=O) groups excluding carboxylic acids is 1. The second-order valence-corrected chi connectivity index (χ2v) is 20.3. The van der Waals surface area contributed by atoms with E-state index < -0.39 is 13.9 Å². The van der Waals surface area contributed by atoms with E-state index in [0.717, 1.165) is 70.6 Å². The number of phosphoric ester groups is 1. The highest BCUT2D eigenvalue weighted by molar-refractivity contribution is 7.47. The van der Waals surface area contributed by atoms with Gasteiger partial charge in [0.05, 0.1) is 34.4 Å². The fourth-order valence-electron chi connectivity index (χ4n) is 7.16. The molecular weight excluding hydrogens is 830 g/mol. The summed E-state index contributed by atoms with van der Waals surface area (Å²) < 4.78 is 35.1. The van der Waals surface area contributed by atoms with Gasteiger partial charge in [0.1, 0.15) is 19.3 Å². The number of quaternary nitrogens is 1. The van der Waals surface area contributed by atoms with E-state index in [1.807, 2.05) is 21.1 Å². The quantitative estimate of drug-likeness (QED) is 0.0214. The Morgan fingerprint density at radius 2 is 0.892 bits per heavy atom. The monoisotopic (exact) mass is 933 g/mol. The third kappa shape index (κ3) is 52.8. The molecule has 2 unspecified atom stereocenters. The molecule has 0 saturated carbocycles. The van der Waals surface area contributed by atoms with Crippen molar-refractivity contribution >= 4 is 13.8 Å². The lowest BCUT2D eigenvalue weighted by molar-refractivity contribution is -0.870. The molecule has 0 aliphatic rings. The lowest BCUT2D eigenvalue weighted by atomic mass is 10.0. The molecule has 8 nitrogen and oxygen atoms in total. The van der Waals surface area contributed by atoms with Crippen LogP contribution in [0, 0.1) is 0 Å². The Balaban J connectivity index is 4.15. The van der Waals surface area contributed by atoms with Gasteiger partial charge in [-0.25, -0.2) is 4.57 Å². The Labute approximate surface area is 402 Å². The standard InChI is InChI=1S/C56H102NO7P/c1-6-8-10-12-14-16-18-20-22-24-26-27-28-29-30-31-32-33-35-37-39-41-43-45-47-49-56(58)64-55(54-63-65(59,60)62-52-50-57(3,4)5)53-61-51-48-46-44-42-40-38-36-34-25-23-21-19-17-15-13-11-9-7-2/h9,11,15,17,21,23-24,26,34,36,40,42,55H,6-8,10,12-14,16,18-20,22,25,27-33,35,37-39,41,43-54H2,1-5H3/p+1/b11-9-,17-15-,23-21-,26-24-,36-34-,42-40-. The van der Waals surface area contributed by atoms with E-state index in [1.54, 1.807) is 0 Å². The van der Waals surface area contributed by atoms with Crippen LogP contribution in [0.1, 0.15) is 219 Å². The largest absolute Gasteiger partial charge is 0.472 e. The van der Waals surface area contributed by atoms with Gasteiger partial charge in [-0.05, 0) is 83.5 Å². The summed E-state index contributed by atoms with van der Waals surface area (Å²) in [5, 5.41) is 0. The van der Waals surface area contributed by atoms with Crippen molar-refractivity contribution in [1.82, 2.24) is 0 Å². The highest BCUT2D eigenvalue weighted by Crippen LogP contribution is 2.43. The molecule has 0 amide bonds. The number of rotatable bonds is 49. The second kappa shape index (κ2) is 48.4. The van der Waals surface area contributed by atoms with E-state index in [2.05, 4.69) is 86.8 Å². The Hall–Kier alpha value is -2.06. The number of hydrogen-bond acceptors (Lipinski definition) is 6. The van der Waals surface area contributed by atoms with Crippen LogP contribution in [0.2, 0.25) is 0 Å². The van der Waals surface area contributed by atoms with E-state index >= 15 is 0 Å². The average Bonchev–Trinajstić information content (AvgIpc) is 3.27. The first-order valence-corrected chi connectivity index (χ1v) is 28.2. The maximum Gasteiger partial charge on any atom is 0.472 e. The molecular formula is C56H103NO7P+. The van der Waals surface area contributed by atoms with E-state index in [1.165, 1.54) is 128 Å². The molecule has 2 atom stereocenters. The first kappa shape index (κ1) is 62.9. The Morgan fingerprint density at radius 1 is 0.492 bits per heavy atom. The summed E-state index contributed by atoms with van der Waals surface area (Å²) in [7, 11) is 1.63. The van der Waals surface area contributed by atoms with Crippen molar-refractivity contribution in [1.29, 1.82) is 0 Å². The molecule has 0 saturated heterocycles. The van der Waals surface area contributed by atoms with E-state index in [0.29, 0.717) is 24.1 Å². The van der Waals surface area contributed by atoms with Crippen LogP contribution in [0.3, 0.4) is 0 Å². The molecule has 0 aromatic heterocycles. The van der Waals surface area contributed by atoms with Crippen molar-refractivity contribution in [2.24, 2.45) is 0 Å². The van der Waals surface area contributed by atoms with E-state index in [9.17, 15) is 14.3 Å². The maximum absolute atomic E-state index is 12.8. The first-order chi connectivity index (χ1) is 31.6. The van der Waals surface area contributed by atoms with Gasteiger partial charge in [0.25, 0.3) is 0 Å². The normalized spacial score (nSPS) is 14.1. The zero-order chi connectivity index (χ0) is 47.6. The molecule has 1 N–H and O–H groups in total. The van der Waals surface area contributed by atoms with Gasteiger partial charge in [-0.15, -0.1) is 0 Å². The lowest BCUT2D eigenvalue weighted by Crippen LogP contribution is -2.37. The fourth-order valence-corrected chi connectivity index (χ4v) is 7.90. The summed E-state index contributed by atoms with van der Waals surface area (Å²) >= 11 is 0. The summed E-state index contributed by atoms with van der Waals surface area (Å²) in [6, 6.07) is 0. The Kier molecular flexibility index (Phi) is 46.9. The molecule has 0 heterocycles. The number of esters is 1. The predicted molar refractivity (Wildman–Crippen MR) is 279 cm³/mol. The molecule has 65 heavy (non-hydrogen) atoms. The number of ether oxygens (including phenoxy) is 2. The minimum absolute atomic E-state index is 0.0774. The van der Waals surface area contributed by atoms with Gasteiger partial charge < -0.3 is 18.9 Å². The Morgan fingerprint density at radius 3 is 1.35 bits per heavy atom. The number of phosphoric acid groups is 1. The van der Waals surface area contributed by atoms with Crippen molar-refractivity contribution in [3.63, 3.8) is 0 Å². The van der Waals surface area contributed by atoms with Gasteiger partial charge in [0.15, 0.2) is 0 Å². The number of carbonyl (C=O) groups is 1. The third-order valence-electron chi connectivity index (χ3n) is 11.3. The molecule has 0 radical (unpaired) electrons. The van der Waals surface area contributed by atoms with Crippen LogP contribution in [0.15, 0.2) is 72.9 Å². The van der Waals surface area contributed by atoms with Crippen molar-refractivity contribution in [2.45, 2.75) is 225 Å². The van der Waals surface area contributed by atoms with Gasteiger partial charge in [-0.2, -0.15) is 0 Å². The molecule has 0 aromatic carbocycles. The van der Waals surface area contributed by atoms with Gasteiger partial charge in [-0.3, -0.25) is 13.8 Å². The van der Waals surface area contributed by atoms with Gasteiger partial charge in [0, 0.05) is 13.0 Å². The number of unbranched alkanes of at least 4 members (excludes halogenated alkanes) is 23. The minimum Gasteiger partial charge on any atom is -0.457 e. The van der Waals surface area contributed by atoms with Gasteiger partial charge in [-0.1, -0.05) is 202 Å². The summed E-state index contributed by atoms with van der Waals surface area (Å²) in [4.78, 5) is 23.0. The second-order valence-electron chi connectivity index (χ2n) is 18.9. The summed E-state index contributed by atoms with van der Waals surface area (Å²) in [5.74, 6) is -0.329. The van der Waals surface area contributed by atoms with Crippen LogP contribution in [0.25, 0.3) is 0 Å². The van der Waals surface area contributed by atoms with Crippen LogP contribution in [-0.4, -0.2) is 75.6 Å². The van der Waals surface area contributed by atoms with Gasteiger partial charge in [0.2, 0.25) is 0 Å². The smallest absolute Gasteiger partial charge is 0.457 e. The number of likely N-dealkylation sites (N-methyl/N-ethyl adjacent to an activating group) is 1. The molecule has 0 aromatic rings. The van der Waals surface area contributed by atoms with E-state index in [4.69, 9.17) is 18.5 Å². The highest BCUT2D eigenvalue weighted by Gasteiger charge is 2.26. The number of allylic oxidation sites excluding steroid dienone is 12.